The number of amides is 1. The normalized spacial score (nSPS) is 17.4. The van der Waals surface area contributed by atoms with Crippen LogP contribution >= 0.6 is 0 Å². The molecule has 2 heterocycles. The molecule has 6 rings (SSSR count). The zero-order chi connectivity index (χ0) is 25.2. The van der Waals surface area contributed by atoms with Crippen molar-refractivity contribution in [3.05, 3.63) is 95.6 Å². The number of pyridine rings is 1. The fourth-order valence-corrected chi connectivity index (χ4v) is 5.64. The van der Waals surface area contributed by atoms with E-state index >= 15 is 0 Å². The number of aryl methyl sites for hydroxylation is 1. The van der Waals surface area contributed by atoms with E-state index in [4.69, 9.17) is 9.72 Å². The van der Waals surface area contributed by atoms with E-state index in [1.807, 2.05) is 42.5 Å². The fraction of sp³-hybridized carbons (Fsp3) is 0.290. The molecule has 0 unspecified atom stereocenters. The highest BCUT2D eigenvalue weighted by molar-refractivity contribution is 6.07. The van der Waals surface area contributed by atoms with Gasteiger partial charge in [-0.1, -0.05) is 42.5 Å². The summed E-state index contributed by atoms with van der Waals surface area (Å²) in [6, 6.07) is 26.7. The quantitative estimate of drug-likeness (QED) is 0.406. The standard InChI is InChI=1S/C31H32N4O2/c1-37-24-15-13-23(14-16-24)34-17-19-35(20-18-34)30-21-27(26-10-4-5-11-29(26)32-30)31(36)33-28-12-6-8-22-7-2-3-9-25(22)28/h2-5,7,9-11,13-16,21,28H,6,8,12,17-20H2,1H3,(H,33,36)/t28-/m0/s1. The van der Waals surface area contributed by atoms with Crippen LogP contribution in [-0.4, -0.2) is 44.2 Å². The molecule has 2 aliphatic rings. The molecule has 188 valence electrons. The SMILES string of the molecule is COc1ccc(N2CCN(c3cc(C(=O)N[C@H]4CCCc5ccccc54)c4ccccc4n3)CC2)cc1. The third-order valence-corrected chi connectivity index (χ3v) is 7.66. The molecule has 6 heteroatoms. The minimum absolute atomic E-state index is 0.0292. The summed E-state index contributed by atoms with van der Waals surface area (Å²) in [6.45, 7) is 3.46. The van der Waals surface area contributed by atoms with Gasteiger partial charge in [0, 0.05) is 37.3 Å². The maximum absolute atomic E-state index is 13.7. The van der Waals surface area contributed by atoms with E-state index in [0.29, 0.717) is 5.56 Å². The number of methoxy groups -OCH3 is 1. The van der Waals surface area contributed by atoms with Crippen molar-refractivity contribution in [1.82, 2.24) is 10.3 Å². The molecule has 0 saturated carbocycles. The topological polar surface area (TPSA) is 57.7 Å². The maximum atomic E-state index is 13.7. The number of hydrogen-bond acceptors (Lipinski definition) is 5. The first-order chi connectivity index (χ1) is 18.2. The Morgan fingerprint density at radius 2 is 1.65 bits per heavy atom. The third-order valence-electron chi connectivity index (χ3n) is 7.66. The van der Waals surface area contributed by atoms with Crippen molar-refractivity contribution >= 4 is 28.3 Å². The van der Waals surface area contributed by atoms with Crippen LogP contribution in [0.15, 0.2) is 78.9 Å². The van der Waals surface area contributed by atoms with Gasteiger partial charge in [-0.2, -0.15) is 0 Å². The number of fused-ring (bicyclic) bond motifs is 2. The summed E-state index contributed by atoms with van der Waals surface area (Å²) < 4.78 is 5.29. The molecule has 0 spiro atoms. The maximum Gasteiger partial charge on any atom is 0.252 e. The molecule has 6 nitrogen and oxygen atoms in total. The summed E-state index contributed by atoms with van der Waals surface area (Å²) in [7, 11) is 1.69. The number of para-hydroxylation sites is 1. The molecule has 1 aliphatic carbocycles. The number of nitrogens with one attached hydrogen (secondary N) is 1. The minimum Gasteiger partial charge on any atom is -0.497 e. The van der Waals surface area contributed by atoms with E-state index < -0.39 is 0 Å². The number of piperazine rings is 1. The molecule has 1 atom stereocenters. The van der Waals surface area contributed by atoms with Gasteiger partial charge in [0.25, 0.3) is 5.91 Å². The summed E-state index contributed by atoms with van der Waals surface area (Å²) in [6.07, 6.45) is 3.13. The van der Waals surface area contributed by atoms with Crippen molar-refractivity contribution in [1.29, 1.82) is 0 Å². The number of rotatable bonds is 5. The first-order valence-corrected chi connectivity index (χ1v) is 13.1. The van der Waals surface area contributed by atoms with Gasteiger partial charge in [-0.25, -0.2) is 4.98 Å². The van der Waals surface area contributed by atoms with Gasteiger partial charge in [0.2, 0.25) is 0 Å². The van der Waals surface area contributed by atoms with Crippen LogP contribution in [0.25, 0.3) is 10.9 Å². The van der Waals surface area contributed by atoms with Crippen molar-refractivity contribution in [3.63, 3.8) is 0 Å². The van der Waals surface area contributed by atoms with Crippen LogP contribution in [0.2, 0.25) is 0 Å². The molecule has 0 bridgehead atoms. The molecule has 1 N–H and O–H groups in total. The number of carbonyl (C=O) groups excluding carboxylic acids is 1. The van der Waals surface area contributed by atoms with Crippen molar-refractivity contribution < 1.29 is 9.53 Å². The third kappa shape index (κ3) is 4.71. The first-order valence-electron chi connectivity index (χ1n) is 13.1. The van der Waals surface area contributed by atoms with E-state index in [2.05, 4.69) is 51.5 Å². The second kappa shape index (κ2) is 10.1. The summed E-state index contributed by atoms with van der Waals surface area (Å²) in [5.41, 5.74) is 5.33. The number of hydrogen-bond donors (Lipinski definition) is 1. The molecule has 3 aromatic carbocycles. The zero-order valence-corrected chi connectivity index (χ0v) is 21.2. The van der Waals surface area contributed by atoms with Gasteiger partial charge in [0.1, 0.15) is 11.6 Å². The van der Waals surface area contributed by atoms with Crippen molar-refractivity contribution in [2.45, 2.75) is 25.3 Å². The molecule has 4 aromatic rings. The molecule has 0 radical (unpaired) electrons. The molecule has 1 aromatic heterocycles. The van der Waals surface area contributed by atoms with Gasteiger partial charge in [-0.15, -0.1) is 0 Å². The number of aromatic nitrogens is 1. The predicted octanol–water partition coefficient (Wildman–Crippen LogP) is 5.38. The van der Waals surface area contributed by atoms with Gasteiger partial charge >= 0.3 is 0 Å². The number of nitrogens with zero attached hydrogens (tertiary/aromatic N) is 3. The van der Waals surface area contributed by atoms with E-state index in [1.54, 1.807) is 7.11 Å². The molecular formula is C31H32N4O2. The molecule has 1 saturated heterocycles. The summed E-state index contributed by atoms with van der Waals surface area (Å²) >= 11 is 0. The van der Waals surface area contributed by atoms with Crippen LogP contribution in [-0.2, 0) is 6.42 Å². The molecule has 1 amide bonds. The Kier molecular flexibility index (Phi) is 6.39. The molecular weight excluding hydrogens is 460 g/mol. The van der Waals surface area contributed by atoms with Crippen LogP contribution in [0, 0.1) is 0 Å². The smallest absolute Gasteiger partial charge is 0.252 e. The van der Waals surface area contributed by atoms with Gasteiger partial charge in [-0.05, 0) is 66.8 Å². The van der Waals surface area contributed by atoms with Crippen LogP contribution in [0.4, 0.5) is 11.5 Å². The van der Waals surface area contributed by atoms with Crippen molar-refractivity contribution in [2.75, 3.05) is 43.1 Å². The molecule has 1 aliphatic heterocycles. The van der Waals surface area contributed by atoms with E-state index in [-0.39, 0.29) is 11.9 Å². The van der Waals surface area contributed by atoms with Gasteiger partial charge in [0.15, 0.2) is 0 Å². The summed E-state index contributed by atoms with van der Waals surface area (Å²) in [5, 5.41) is 4.24. The Hall–Kier alpha value is -4.06. The number of benzene rings is 3. The van der Waals surface area contributed by atoms with E-state index in [1.165, 1.54) is 16.8 Å². The highest BCUT2D eigenvalue weighted by Gasteiger charge is 2.25. The first kappa shape index (κ1) is 23.3. The lowest BCUT2D eigenvalue weighted by Gasteiger charge is -2.37. The molecule has 1 fully saturated rings. The minimum atomic E-state index is -0.0292. The fourth-order valence-electron chi connectivity index (χ4n) is 5.64. The number of carbonyl (C=O) groups is 1. The van der Waals surface area contributed by atoms with Crippen LogP contribution in [0.3, 0.4) is 0 Å². The lowest BCUT2D eigenvalue weighted by molar-refractivity contribution is 0.0934. The van der Waals surface area contributed by atoms with Crippen LogP contribution in [0.1, 0.15) is 40.4 Å². The van der Waals surface area contributed by atoms with Gasteiger partial charge in [-0.3, -0.25) is 4.79 Å². The number of anilines is 2. The predicted molar refractivity (Wildman–Crippen MR) is 149 cm³/mol. The lowest BCUT2D eigenvalue weighted by Crippen LogP contribution is -2.47. The monoisotopic (exact) mass is 492 g/mol. The molecule has 37 heavy (non-hydrogen) atoms. The lowest BCUT2D eigenvalue weighted by atomic mass is 9.87. The number of ether oxygens (including phenoxy) is 1. The average molecular weight is 493 g/mol. The Labute approximate surface area is 217 Å². The Balaban J connectivity index is 1.23. The summed E-state index contributed by atoms with van der Waals surface area (Å²) in [4.78, 5) is 23.3. The highest BCUT2D eigenvalue weighted by Crippen LogP contribution is 2.31. The largest absolute Gasteiger partial charge is 0.497 e. The van der Waals surface area contributed by atoms with Crippen molar-refractivity contribution in [2.24, 2.45) is 0 Å². The Bertz CT molecular complexity index is 1410. The van der Waals surface area contributed by atoms with Crippen molar-refractivity contribution in [3.8, 4) is 5.75 Å². The van der Waals surface area contributed by atoms with Crippen LogP contribution < -0.4 is 19.9 Å². The Morgan fingerprint density at radius 3 is 2.46 bits per heavy atom. The highest BCUT2D eigenvalue weighted by atomic mass is 16.5. The second-order valence-corrected chi connectivity index (χ2v) is 9.83. The van der Waals surface area contributed by atoms with E-state index in [9.17, 15) is 4.79 Å². The van der Waals surface area contributed by atoms with Gasteiger partial charge < -0.3 is 19.9 Å². The average Bonchev–Trinajstić information content (AvgIpc) is 2.97. The van der Waals surface area contributed by atoms with Crippen LogP contribution in [0.5, 0.6) is 5.75 Å². The Morgan fingerprint density at radius 1 is 0.919 bits per heavy atom. The zero-order valence-electron chi connectivity index (χ0n) is 21.2. The second-order valence-electron chi connectivity index (χ2n) is 9.83. The summed E-state index contributed by atoms with van der Waals surface area (Å²) in [5.74, 6) is 1.70. The van der Waals surface area contributed by atoms with E-state index in [0.717, 1.165) is 67.9 Å². The van der Waals surface area contributed by atoms with Gasteiger partial charge in [0.05, 0.1) is 24.2 Å².